The summed E-state index contributed by atoms with van der Waals surface area (Å²) in [7, 11) is 2.16. The van der Waals surface area contributed by atoms with Gasteiger partial charge >= 0.3 is 0 Å². The topological polar surface area (TPSA) is 194 Å². The standard InChI is InChI=1S/C18H20N2O2.C13H17N3O.C11H15FN2O.C5H7NO2/c1-17(2)10-18(3,4)16(17)22-13-7-5-11(9-19)15-12(13)6-8-14(21)20-15;1-15-4-6-16(7-5-15)11-2-3-12-10(8-11)9-14-13(12)17;1-2-14(8-7-12)10-5-3-9(4-6-10)11(13)15;7-4-2-1-3-5(8)6-4/h5-8,16H,10H2,1-4H3,(H,20,21);2-3,8H,4-7,9H2,1H3,(H,14,17);3-6H,2,7-8H2,1H3,(H2,13,15);1-3H2,(H,6,7,8). The van der Waals surface area contributed by atoms with E-state index >= 15 is 0 Å². The number of aromatic amines is 1. The molecule has 1 saturated carbocycles. The first-order valence-corrected chi connectivity index (χ1v) is 21.1. The molecule has 4 amide bonds. The number of piperazine rings is 1. The summed E-state index contributed by atoms with van der Waals surface area (Å²) in [6, 6.07) is 21.8. The number of nitrogens with one attached hydrogen (secondary N) is 3. The van der Waals surface area contributed by atoms with Crippen molar-refractivity contribution in [1.82, 2.24) is 20.5 Å². The minimum absolute atomic E-state index is 0.0601. The molecule has 0 spiro atoms. The molecule has 1 aromatic heterocycles. The zero-order chi connectivity index (χ0) is 45.2. The van der Waals surface area contributed by atoms with Gasteiger partial charge < -0.3 is 35.5 Å². The molecule has 62 heavy (non-hydrogen) atoms. The second-order valence-electron chi connectivity index (χ2n) is 17.3. The van der Waals surface area contributed by atoms with Crippen LogP contribution in [0.1, 0.15) is 92.1 Å². The lowest BCUT2D eigenvalue weighted by molar-refractivity contribution is -0.133. The summed E-state index contributed by atoms with van der Waals surface area (Å²) in [5.74, 6) is 0.0543. The van der Waals surface area contributed by atoms with Crippen molar-refractivity contribution in [3.05, 3.63) is 99.3 Å². The van der Waals surface area contributed by atoms with E-state index < -0.39 is 5.91 Å². The Bertz CT molecular complexity index is 2320. The largest absolute Gasteiger partial charge is 0.489 e. The Labute approximate surface area is 362 Å². The van der Waals surface area contributed by atoms with E-state index in [0.29, 0.717) is 49.0 Å². The van der Waals surface area contributed by atoms with Gasteiger partial charge in [-0.15, -0.1) is 0 Å². The number of ether oxygens (including phenoxy) is 1. The number of H-pyrrole nitrogens is 1. The number of aromatic nitrogens is 1. The van der Waals surface area contributed by atoms with E-state index in [2.05, 4.69) is 78.4 Å². The first-order chi connectivity index (χ1) is 29.5. The van der Waals surface area contributed by atoms with E-state index in [0.717, 1.165) is 67.1 Å². The molecular weight excluding hydrogens is 792 g/mol. The third-order valence-electron chi connectivity index (χ3n) is 11.5. The number of nitrogens with two attached hydrogens (primary N) is 1. The van der Waals surface area contributed by atoms with Crippen molar-refractivity contribution in [2.75, 3.05) is 62.8 Å². The molecule has 3 aromatic carbocycles. The Morgan fingerprint density at radius 1 is 0.935 bits per heavy atom. The van der Waals surface area contributed by atoms with Crippen molar-refractivity contribution >= 4 is 45.9 Å². The zero-order valence-corrected chi connectivity index (χ0v) is 36.6. The fourth-order valence-electron chi connectivity index (χ4n) is 8.73. The number of alkyl halides is 1. The molecule has 3 fully saturated rings. The van der Waals surface area contributed by atoms with E-state index in [1.807, 2.05) is 24.0 Å². The number of rotatable bonds is 8. The molecule has 4 aliphatic rings. The smallest absolute Gasteiger partial charge is 0.251 e. The number of carbonyl (C=O) groups excluding carboxylic acids is 4. The minimum atomic E-state index is -0.449. The number of amides is 4. The Balaban J connectivity index is 0.000000164. The molecule has 4 heterocycles. The number of fused-ring (bicyclic) bond motifs is 2. The first kappa shape index (κ1) is 46.8. The lowest BCUT2D eigenvalue weighted by Gasteiger charge is -2.56. The molecule has 4 aromatic rings. The van der Waals surface area contributed by atoms with Gasteiger partial charge in [0, 0.05) is 103 Å². The molecule has 0 bridgehead atoms. The zero-order valence-electron chi connectivity index (χ0n) is 36.6. The number of likely N-dealkylation sites (N-methyl/N-ethyl adjacent to an activating group) is 1. The van der Waals surface area contributed by atoms with Crippen LogP contribution in [0, 0.1) is 22.2 Å². The highest BCUT2D eigenvalue weighted by atomic mass is 19.1. The molecular formula is C47H59FN8O6. The van der Waals surface area contributed by atoms with Crippen molar-refractivity contribution < 1.29 is 28.3 Å². The van der Waals surface area contributed by atoms with Crippen LogP contribution in [0.25, 0.3) is 10.9 Å². The molecule has 2 saturated heterocycles. The molecule has 1 aliphatic carbocycles. The SMILES string of the molecule is CC1(C)CC(C)(C)C1Oc1ccc(C#N)c2[nH]c(=O)ccc12.CCN(CCF)c1ccc(C(N)=O)cc1.CN1CCN(c2ccc3c(c2)CNC3=O)CC1.O=C1CCCC(=O)N1. The van der Waals surface area contributed by atoms with Gasteiger partial charge in [0.2, 0.25) is 23.3 Å². The lowest BCUT2D eigenvalue weighted by atomic mass is 9.53. The van der Waals surface area contributed by atoms with Gasteiger partial charge in [-0.1, -0.05) is 27.7 Å². The van der Waals surface area contributed by atoms with Crippen molar-refractivity contribution in [2.45, 2.75) is 73.0 Å². The van der Waals surface area contributed by atoms with Crippen molar-refractivity contribution in [2.24, 2.45) is 16.6 Å². The molecule has 330 valence electrons. The molecule has 5 N–H and O–H groups in total. The number of nitrogens with zero attached hydrogens (tertiary/aromatic N) is 4. The number of hydrogen-bond acceptors (Lipinski definition) is 10. The van der Waals surface area contributed by atoms with E-state index in [1.165, 1.54) is 11.8 Å². The van der Waals surface area contributed by atoms with Gasteiger partial charge in [-0.2, -0.15) is 5.26 Å². The number of pyridine rings is 1. The van der Waals surface area contributed by atoms with E-state index in [1.54, 1.807) is 36.4 Å². The average Bonchev–Trinajstić information content (AvgIpc) is 3.61. The van der Waals surface area contributed by atoms with Crippen LogP contribution in [0.5, 0.6) is 5.75 Å². The highest BCUT2D eigenvalue weighted by molar-refractivity contribution is 5.99. The highest BCUT2D eigenvalue weighted by Crippen LogP contribution is 2.55. The Kier molecular flexibility index (Phi) is 15.5. The number of piperidine rings is 1. The second kappa shape index (κ2) is 20.5. The molecule has 0 unspecified atom stereocenters. The van der Waals surface area contributed by atoms with Gasteiger partial charge in [0.05, 0.1) is 11.1 Å². The fraction of sp³-hybridized carbons (Fsp3) is 0.447. The van der Waals surface area contributed by atoms with Crippen LogP contribution in [0.15, 0.2) is 71.5 Å². The lowest BCUT2D eigenvalue weighted by Crippen LogP contribution is -2.58. The van der Waals surface area contributed by atoms with E-state index in [-0.39, 0.29) is 46.9 Å². The van der Waals surface area contributed by atoms with Crippen LogP contribution in [-0.2, 0) is 16.1 Å². The maximum atomic E-state index is 12.2. The predicted molar refractivity (Wildman–Crippen MR) is 239 cm³/mol. The number of carbonyl (C=O) groups is 4. The summed E-state index contributed by atoms with van der Waals surface area (Å²) in [6.07, 6.45) is 2.93. The molecule has 0 radical (unpaired) electrons. The number of imide groups is 1. The summed E-state index contributed by atoms with van der Waals surface area (Å²) in [5, 5.41) is 15.0. The van der Waals surface area contributed by atoms with Crippen molar-refractivity contribution in [3.8, 4) is 11.8 Å². The maximum absolute atomic E-state index is 12.2. The van der Waals surface area contributed by atoms with Gasteiger partial charge in [0.15, 0.2) is 0 Å². The summed E-state index contributed by atoms with van der Waals surface area (Å²) in [5.41, 5.74) is 10.7. The predicted octanol–water partition coefficient (Wildman–Crippen LogP) is 5.68. The van der Waals surface area contributed by atoms with Crippen molar-refractivity contribution in [1.29, 1.82) is 5.26 Å². The van der Waals surface area contributed by atoms with Crippen LogP contribution in [0.2, 0.25) is 0 Å². The molecule has 8 rings (SSSR count). The van der Waals surface area contributed by atoms with E-state index in [4.69, 9.17) is 10.5 Å². The number of halogens is 1. The van der Waals surface area contributed by atoms with Gasteiger partial charge in [-0.25, -0.2) is 4.39 Å². The Hall–Kier alpha value is -6.27. The quantitative estimate of drug-likeness (QED) is 0.160. The van der Waals surface area contributed by atoms with Crippen LogP contribution >= 0.6 is 0 Å². The third kappa shape index (κ3) is 11.8. The van der Waals surface area contributed by atoms with Crippen LogP contribution in [0.3, 0.4) is 0 Å². The first-order valence-electron chi connectivity index (χ1n) is 21.1. The van der Waals surface area contributed by atoms with E-state index in [9.17, 15) is 33.6 Å². The number of benzene rings is 3. The van der Waals surface area contributed by atoms with Gasteiger partial charge in [0.25, 0.3) is 5.91 Å². The number of primary amides is 1. The summed E-state index contributed by atoms with van der Waals surface area (Å²) in [6.45, 7) is 16.5. The Morgan fingerprint density at radius 3 is 2.15 bits per heavy atom. The molecule has 0 atom stereocenters. The van der Waals surface area contributed by atoms with Gasteiger partial charge in [-0.05, 0) is 93.0 Å². The summed E-state index contributed by atoms with van der Waals surface area (Å²) < 4.78 is 18.5. The van der Waals surface area contributed by atoms with Crippen molar-refractivity contribution in [3.63, 3.8) is 0 Å². The molecule has 3 aliphatic heterocycles. The van der Waals surface area contributed by atoms with Crippen LogP contribution < -0.4 is 36.5 Å². The van der Waals surface area contributed by atoms with Crippen LogP contribution in [0.4, 0.5) is 15.8 Å². The van der Waals surface area contributed by atoms with Gasteiger partial charge in [0.1, 0.15) is 24.6 Å². The number of anilines is 2. The number of hydrogen-bond donors (Lipinski definition) is 4. The maximum Gasteiger partial charge on any atom is 0.251 e. The average molecular weight is 851 g/mol. The summed E-state index contributed by atoms with van der Waals surface area (Å²) in [4.78, 5) is 63.9. The van der Waals surface area contributed by atoms with Crippen LogP contribution in [-0.4, -0.2) is 92.6 Å². The monoisotopic (exact) mass is 850 g/mol. The fourth-order valence-corrected chi connectivity index (χ4v) is 8.73. The summed E-state index contributed by atoms with van der Waals surface area (Å²) >= 11 is 0. The number of nitriles is 1. The molecule has 15 heteroatoms. The Morgan fingerprint density at radius 2 is 1.60 bits per heavy atom. The second-order valence-corrected chi connectivity index (χ2v) is 17.3. The minimum Gasteiger partial charge on any atom is -0.489 e. The highest BCUT2D eigenvalue weighted by Gasteiger charge is 2.55. The normalized spacial score (nSPS) is 17.5. The van der Waals surface area contributed by atoms with Gasteiger partial charge in [-0.3, -0.25) is 29.3 Å². The molecule has 14 nitrogen and oxygen atoms in total. The third-order valence-corrected chi connectivity index (χ3v) is 11.5.